The summed E-state index contributed by atoms with van der Waals surface area (Å²) in [5, 5.41) is 0. The third-order valence-electron chi connectivity index (χ3n) is 4.51. The van der Waals surface area contributed by atoms with E-state index in [4.69, 9.17) is 0 Å². The average molecular weight is 372 g/mol. The smallest absolute Gasteiger partial charge is 0.243 e. The Balaban J connectivity index is 1.63. The van der Waals surface area contributed by atoms with Crippen LogP contribution in [0, 0.1) is 5.92 Å². The number of hydrogen-bond donors (Lipinski definition) is 0. The lowest BCUT2D eigenvalue weighted by atomic mass is 10.1. The van der Waals surface area contributed by atoms with Gasteiger partial charge in [0.1, 0.15) is 0 Å². The Hall–Kier alpha value is -1.45. The summed E-state index contributed by atoms with van der Waals surface area (Å²) in [6.07, 6.45) is 0.365. The molecule has 2 aliphatic heterocycles. The predicted molar refractivity (Wildman–Crippen MR) is 88.5 cm³/mol. The van der Waals surface area contributed by atoms with Crippen molar-refractivity contribution in [2.45, 2.75) is 11.3 Å². The van der Waals surface area contributed by atoms with E-state index in [0.29, 0.717) is 19.5 Å². The Bertz CT molecular complexity index is 813. The first kappa shape index (κ1) is 17.4. The highest BCUT2D eigenvalue weighted by molar-refractivity contribution is 7.91. The zero-order valence-corrected chi connectivity index (χ0v) is 14.8. The van der Waals surface area contributed by atoms with E-state index in [1.54, 1.807) is 35.2 Å². The summed E-state index contributed by atoms with van der Waals surface area (Å²) in [5.74, 6) is -0.680. The van der Waals surface area contributed by atoms with Crippen LogP contribution in [0.15, 0.2) is 35.2 Å². The molecule has 24 heavy (non-hydrogen) atoms. The van der Waals surface area contributed by atoms with Gasteiger partial charge in [-0.25, -0.2) is 16.8 Å². The van der Waals surface area contributed by atoms with Crippen LogP contribution in [-0.2, 0) is 24.7 Å². The number of hydrogen-bond acceptors (Lipinski definition) is 5. The van der Waals surface area contributed by atoms with Crippen LogP contribution in [0.2, 0.25) is 0 Å². The van der Waals surface area contributed by atoms with Gasteiger partial charge in [0.25, 0.3) is 0 Å². The third-order valence-corrected chi connectivity index (χ3v) is 8.19. The lowest BCUT2D eigenvalue weighted by Gasteiger charge is -2.35. The molecule has 7 nitrogen and oxygen atoms in total. The van der Waals surface area contributed by atoms with E-state index in [-0.39, 0.29) is 35.4 Å². The van der Waals surface area contributed by atoms with Gasteiger partial charge in [-0.2, -0.15) is 4.31 Å². The molecule has 0 unspecified atom stereocenters. The topological polar surface area (TPSA) is 91.8 Å². The lowest BCUT2D eigenvalue weighted by molar-refractivity contribution is -0.135. The highest BCUT2D eigenvalue weighted by Gasteiger charge is 2.37. The SMILES string of the molecule is O=C([C@@H]1CCS(=O)(=O)C1)N1CCN(S(=O)(=O)c2ccccc2)CC1. The van der Waals surface area contributed by atoms with Gasteiger partial charge in [0.2, 0.25) is 15.9 Å². The minimum atomic E-state index is -3.55. The van der Waals surface area contributed by atoms with Crippen LogP contribution in [0.25, 0.3) is 0 Å². The second-order valence-corrected chi connectivity index (χ2v) is 10.3. The Morgan fingerprint density at radius 1 is 1.04 bits per heavy atom. The molecule has 0 N–H and O–H groups in total. The molecule has 2 saturated heterocycles. The van der Waals surface area contributed by atoms with Gasteiger partial charge in [0.05, 0.1) is 22.3 Å². The van der Waals surface area contributed by atoms with Crippen molar-refractivity contribution in [2.75, 3.05) is 37.7 Å². The first-order valence-electron chi connectivity index (χ1n) is 7.84. The summed E-state index contributed by atoms with van der Waals surface area (Å²) in [6, 6.07) is 8.21. The summed E-state index contributed by atoms with van der Waals surface area (Å²) < 4.78 is 49.5. The number of benzene rings is 1. The van der Waals surface area contributed by atoms with Gasteiger partial charge in [-0.3, -0.25) is 4.79 Å². The van der Waals surface area contributed by atoms with E-state index in [2.05, 4.69) is 0 Å². The first-order chi connectivity index (χ1) is 11.3. The van der Waals surface area contributed by atoms with Crippen LogP contribution in [0.1, 0.15) is 6.42 Å². The fourth-order valence-corrected chi connectivity index (χ4v) is 6.31. The molecule has 0 bridgehead atoms. The minimum Gasteiger partial charge on any atom is -0.340 e. The van der Waals surface area contributed by atoms with Crippen molar-refractivity contribution in [2.24, 2.45) is 5.92 Å². The lowest BCUT2D eigenvalue weighted by Crippen LogP contribution is -2.52. The van der Waals surface area contributed by atoms with Crippen molar-refractivity contribution in [3.05, 3.63) is 30.3 Å². The molecule has 0 saturated carbocycles. The second kappa shape index (κ2) is 6.45. The molecule has 1 aromatic carbocycles. The first-order valence-corrected chi connectivity index (χ1v) is 11.1. The summed E-state index contributed by atoms with van der Waals surface area (Å²) in [7, 11) is -6.65. The maximum Gasteiger partial charge on any atom is 0.243 e. The van der Waals surface area contributed by atoms with Gasteiger partial charge in [0.15, 0.2) is 9.84 Å². The molecule has 0 aliphatic carbocycles. The Kier molecular flexibility index (Phi) is 4.67. The number of rotatable bonds is 3. The Labute approximate surface area is 142 Å². The Morgan fingerprint density at radius 2 is 1.67 bits per heavy atom. The maximum absolute atomic E-state index is 12.5. The van der Waals surface area contributed by atoms with E-state index in [9.17, 15) is 21.6 Å². The van der Waals surface area contributed by atoms with Gasteiger partial charge in [0, 0.05) is 26.2 Å². The number of carbonyl (C=O) groups excluding carboxylic acids is 1. The van der Waals surface area contributed by atoms with Crippen LogP contribution in [-0.4, -0.2) is 69.6 Å². The molecule has 2 aliphatic rings. The van der Waals surface area contributed by atoms with Crippen LogP contribution in [0.3, 0.4) is 0 Å². The number of sulfone groups is 1. The van der Waals surface area contributed by atoms with Gasteiger partial charge >= 0.3 is 0 Å². The maximum atomic E-state index is 12.5. The van der Waals surface area contributed by atoms with Gasteiger partial charge < -0.3 is 4.90 Å². The normalized spacial score (nSPS) is 24.8. The Morgan fingerprint density at radius 3 is 2.21 bits per heavy atom. The molecule has 0 radical (unpaired) electrons. The molecule has 2 fully saturated rings. The van der Waals surface area contributed by atoms with E-state index >= 15 is 0 Å². The number of nitrogens with zero attached hydrogens (tertiary/aromatic N) is 2. The number of carbonyl (C=O) groups is 1. The molecule has 1 aromatic rings. The molecule has 132 valence electrons. The van der Waals surface area contributed by atoms with Crippen molar-refractivity contribution in [3.8, 4) is 0 Å². The number of amides is 1. The zero-order chi connectivity index (χ0) is 17.4. The molecule has 9 heteroatoms. The summed E-state index contributed by atoms with van der Waals surface area (Å²) >= 11 is 0. The largest absolute Gasteiger partial charge is 0.340 e. The summed E-state index contributed by atoms with van der Waals surface area (Å²) in [4.78, 5) is 14.2. The molecular formula is C15H20N2O5S2. The number of piperazine rings is 1. The van der Waals surface area contributed by atoms with Gasteiger partial charge in [-0.15, -0.1) is 0 Å². The molecule has 1 amide bonds. The van der Waals surface area contributed by atoms with E-state index in [0.717, 1.165) is 0 Å². The zero-order valence-electron chi connectivity index (χ0n) is 13.2. The fourth-order valence-electron chi connectivity index (χ4n) is 3.14. The standard InChI is InChI=1S/C15H20N2O5S2/c18-15(13-6-11-23(19,20)12-13)16-7-9-17(10-8-16)24(21,22)14-4-2-1-3-5-14/h1-5,13H,6-12H2/t13-/m1/s1. The van der Waals surface area contributed by atoms with E-state index in [1.807, 2.05) is 0 Å². The van der Waals surface area contributed by atoms with Crippen LogP contribution >= 0.6 is 0 Å². The van der Waals surface area contributed by atoms with Crippen molar-refractivity contribution >= 4 is 25.8 Å². The van der Waals surface area contributed by atoms with E-state index < -0.39 is 25.8 Å². The predicted octanol–water partition coefficient (Wildman–Crippen LogP) is -0.0458. The minimum absolute atomic E-state index is 0.0613. The average Bonchev–Trinajstić information content (AvgIpc) is 2.95. The molecule has 1 atom stereocenters. The fraction of sp³-hybridized carbons (Fsp3) is 0.533. The van der Waals surface area contributed by atoms with Gasteiger partial charge in [-0.1, -0.05) is 18.2 Å². The second-order valence-electron chi connectivity index (χ2n) is 6.14. The monoisotopic (exact) mass is 372 g/mol. The van der Waals surface area contributed by atoms with Crippen molar-refractivity contribution in [3.63, 3.8) is 0 Å². The molecule has 3 rings (SSSR count). The van der Waals surface area contributed by atoms with Crippen LogP contribution in [0.5, 0.6) is 0 Å². The molecule has 0 aromatic heterocycles. The van der Waals surface area contributed by atoms with Crippen molar-refractivity contribution < 1.29 is 21.6 Å². The molecule has 2 heterocycles. The highest BCUT2D eigenvalue weighted by Crippen LogP contribution is 2.23. The third kappa shape index (κ3) is 3.47. The quantitative estimate of drug-likeness (QED) is 0.742. The summed E-state index contributed by atoms with van der Waals surface area (Å²) in [5.41, 5.74) is 0. The highest BCUT2D eigenvalue weighted by atomic mass is 32.2. The summed E-state index contributed by atoms with van der Waals surface area (Å²) in [6.45, 7) is 1.04. The molecule has 0 spiro atoms. The van der Waals surface area contributed by atoms with E-state index in [1.165, 1.54) is 4.31 Å². The molecular weight excluding hydrogens is 352 g/mol. The van der Waals surface area contributed by atoms with Gasteiger partial charge in [-0.05, 0) is 18.6 Å². The van der Waals surface area contributed by atoms with Crippen molar-refractivity contribution in [1.29, 1.82) is 0 Å². The number of sulfonamides is 1. The van der Waals surface area contributed by atoms with Crippen LogP contribution < -0.4 is 0 Å². The van der Waals surface area contributed by atoms with Crippen LogP contribution in [0.4, 0.5) is 0 Å². The van der Waals surface area contributed by atoms with Crippen molar-refractivity contribution in [1.82, 2.24) is 9.21 Å².